The van der Waals surface area contributed by atoms with Crippen LogP contribution in [0.3, 0.4) is 0 Å². The highest BCUT2D eigenvalue weighted by atomic mass is 19.2. The molecule has 0 aliphatic carbocycles. The van der Waals surface area contributed by atoms with Crippen molar-refractivity contribution in [3.8, 4) is 0 Å². The van der Waals surface area contributed by atoms with Gasteiger partial charge in [0.1, 0.15) is 0 Å². The smallest absolute Gasteiger partial charge is 0.194 e. The molecule has 0 radical (unpaired) electrons. The first-order chi connectivity index (χ1) is 8.12. The highest BCUT2D eigenvalue weighted by Gasteiger charge is 2.25. The van der Waals surface area contributed by atoms with Gasteiger partial charge in [-0.25, -0.2) is 13.2 Å². The van der Waals surface area contributed by atoms with Crippen molar-refractivity contribution in [1.82, 2.24) is 0 Å². The first-order valence-corrected chi connectivity index (χ1v) is 5.71. The molecule has 0 heterocycles. The van der Waals surface area contributed by atoms with Crippen LogP contribution in [0.2, 0.25) is 0 Å². The molecular formula is C13H18F3NO. The van der Waals surface area contributed by atoms with Gasteiger partial charge in [0.25, 0.3) is 0 Å². The summed E-state index contributed by atoms with van der Waals surface area (Å²) in [6.45, 7) is 5.70. The third-order valence-electron chi connectivity index (χ3n) is 2.98. The Morgan fingerprint density at radius 3 is 2.00 bits per heavy atom. The van der Waals surface area contributed by atoms with Crippen LogP contribution in [-0.4, -0.2) is 11.1 Å². The van der Waals surface area contributed by atoms with E-state index in [1.54, 1.807) is 0 Å². The Balaban J connectivity index is 2.88. The van der Waals surface area contributed by atoms with E-state index in [1.165, 1.54) is 0 Å². The van der Waals surface area contributed by atoms with Crippen LogP contribution in [0.5, 0.6) is 0 Å². The molecule has 0 fully saturated rings. The van der Waals surface area contributed by atoms with Gasteiger partial charge < -0.3 is 10.8 Å². The molecule has 3 N–H and O–H groups in total. The van der Waals surface area contributed by atoms with Gasteiger partial charge in [0.05, 0.1) is 6.10 Å². The molecule has 18 heavy (non-hydrogen) atoms. The van der Waals surface area contributed by atoms with Gasteiger partial charge in [-0.2, -0.15) is 0 Å². The molecule has 0 bridgehead atoms. The minimum absolute atomic E-state index is 0.00824. The molecular weight excluding hydrogens is 243 g/mol. The number of halogens is 3. The van der Waals surface area contributed by atoms with Crippen LogP contribution < -0.4 is 5.73 Å². The lowest BCUT2D eigenvalue weighted by Gasteiger charge is -2.29. The second-order valence-electron chi connectivity index (χ2n) is 5.52. The molecule has 0 amide bonds. The first-order valence-electron chi connectivity index (χ1n) is 5.71. The second kappa shape index (κ2) is 5.28. The van der Waals surface area contributed by atoms with Crippen molar-refractivity contribution in [3.63, 3.8) is 0 Å². The van der Waals surface area contributed by atoms with E-state index in [0.717, 1.165) is 12.1 Å². The minimum atomic E-state index is -1.54. The van der Waals surface area contributed by atoms with Gasteiger partial charge in [-0.05, 0) is 29.5 Å². The maximum Gasteiger partial charge on any atom is 0.194 e. The third-order valence-corrected chi connectivity index (χ3v) is 2.98. The molecule has 0 spiro atoms. The quantitative estimate of drug-likeness (QED) is 0.822. The average Bonchev–Trinajstić information content (AvgIpc) is 2.23. The molecule has 102 valence electrons. The molecule has 0 aliphatic heterocycles. The van der Waals surface area contributed by atoms with Crippen LogP contribution in [-0.2, 0) is 0 Å². The van der Waals surface area contributed by atoms with Crippen molar-refractivity contribution in [2.45, 2.75) is 39.3 Å². The standard InChI is InChI=1S/C13H18F3NO/c1-13(2,3)11(17)6-10(18)7-4-8(14)12(16)9(15)5-7/h4-5,10-11,18H,6,17H2,1-3H3/t10-,11-/m0/s1. The monoisotopic (exact) mass is 261 g/mol. The molecule has 2 atom stereocenters. The minimum Gasteiger partial charge on any atom is -0.388 e. The molecule has 1 aromatic rings. The summed E-state index contributed by atoms with van der Waals surface area (Å²) in [6.07, 6.45) is -0.975. The van der Waals surface area contributed by atoms with Crippen LogP contribution in [0.25, 0.3) is 0 Å². The lowest BCUT2D eigenvalue weighted by atomic mass is 9.83. The van der Waals surface area contributed by atoms with Gasteiger partial charge in [0.2, 0.25) is 0 Å². The van der Waals surface area contributed by atoms with E-state index in [4.69, 9.17) is 5.73 Å². The topological polar surface area (TPSA) is 46.2 Å². The third kappa shape index (κ3) is 3.46. The zero-order valence-electron chi connectivity index (χ0n) is 10.7. The maximum atomic E-state index is 13.0. The fraction of sp³-hybridized carbons (Fsp3) is 0.538. The zero-order chi connectivity index (χ0) is 14.1. The summed E-state index contributed by atoms with van der Waals surface area (Å²) in [4.78, 5) is 0. The Morgan fingerprint density at radius 2 is 1.61 bits per heavy atom. The number of aliphatic hydroxyl groups excluding tert-OH is 1. The number of rotatable bonds is 3. The number of hydrogen-bond acceptors (Lipinski definition) is 2. The van der Waals surface area contributed by atoms with E-state index in [-0.39, 0.29) is 23.4 Å². The lowest BCUT2D eigenvalue weighted by molar-refractivity contribution is 0.132. The largest absolute Gasteiger partial charge is 0.388 e. The molecule has 1 rings (SSSR count). The Bertz CT molecular complexity index is 406. The van der Waals surface area contributed by atoms with Crippen molar-refractivity contribution >= 4 is 0 Å². The fourth-order valence-electron chi connectivity index (χ4n) is 1.50. The molecule has 0 saturated heterocycles. The van der Waals surface area contributed by atoms with Crippen molar-refractivity contribution in [3.05, 3.63) is 35.1 Å². The Morgan fingerprint density at radius 1 is 1.17 bits per heavy atom. The summed E-state index contributed by atoms with van der Waals surface area (Å²) in [5.41, 5.74) is 5.63. The SMILES string of the molecule is CC(C)(C)[C@@H](N)C[C@H](O)c1cc(F)c(F)c(F)c1. The average molecular weight is 261 g/mol. The lowest BCUT2D eigenvalue weighted by Crippen LogP contribution is -2.36. The van der Waals surface area contributed by atoms with E-state index in [1.807, 2.05) is 20.8 Å². The van der Waals surface area contributed by atoms with Gasteiger partial charge >= 0.3 is 0 Å². The molecule has 0 aromatic heterocycles. The van der Waals surface area contributed by atoms with Gasteiger partial charge in [-0.15, -0.1) is 0 Å². The molecule has 1 aromatic carbocycles. The summed E-state index contributed by atoms with van der Waals surface area (Å²) < 4.78 is 38.8. The van der Waals surface area contributed by atoms with Crippen LogP contribution in [0.15, 0.2) is 12.1 Å². The van der Waals surface area contributed by atoms with Crippen molar-refractivity contribution in [2.24, 2.45) is 11.1 Å². The van der Waals surface area contributed by atoms with Gasteiger partial charge in [0.15, 0.2) is 17.5 Å². The molecule has 5 heteroatoms. The Hall–Kier alpha value is -1.07. The molecule has 0 saturated carbocycles. The number of nitrogens with two attached hydrogens (primary N) is 1. The second-order valence-corrected chi connectivity index (χ2v) is 5.52. The summed E-state index contributed by atoms with van der Waals surface area (Å²) in [5.74, 6) is -4.16. The summed E-state index contributed by atoms with van der Waals surface area (Å²) in [6, 6.07) is 1.24. The van der Waals surface area contributed by atoms with E-state index < -0.39 is 23.6 Å². The summed E-state index contributed by atoms with van der Waals surface area (Å²) in [5, 5.41) is 9.86. The number of aliphatic hydroxyl groups is 1. The Labute approximate surface area is 105 Å². The predicted molar refractivity (Wildman–Crippen MR) is 63.3 cm³/mol. The summed E-state index contributed by atoms with van der Waals surface area (Å²) >= 11 is 0. The normalized spacial score (nSPS) is 15.6. The van der Waals surface area contributed by atoms with E-state index in [9.17, 15) is 18.3 Å². The van der Waals surface area contributed by atoms with E-state index >= 15 is 0 Å². The summed E-state index contributed by atoms with van der Waals surface area (Å²) in [7, 11) is 0. The van der Waals surface area contributed by atoms with E-state index in [2.05, 4.69) is 0 Å². The Kier molecular flexibility index (Phi) is 4.40. The molecule has 0 unspecified atom stereocenters. The van der Waals surface area contributed by atoms with Gasteiger partial charge in [-0.3, -0.25) is 0 Å². The van der Waals surface area contributed by atoms with E-state index in [0.29, 0.717) is 0 Å². The van der Waals surface area contributed by atoms with Crippen molar-refractivity contribution in [1.29, 1.82) is 0 Å². The van der Waals surface area contributed by atoms with Crippen molar-refractivity contribution < 1.29 is 18.3 Å². The highest BCUT2D eigenvalue weighted by Crippen LogP contribution is 2.28. The first kappa shape index (κ1) is 15.0. The number of benzene rings is 1. The van der Waals surface area contributed by atoms with Gasteiger partial charge in [-0.1, -0.05) is 20.8 Å². The predicted octanol–water partition coefficient (Wildman–Crippen LogP) is 2.90. The highest BCUT2D eigenvalue weighted by molar-refractivity contribution is 5.21. The zero-order valence-corrected chi connectivity index (χ0v) is 10.7. The number of hydrogen-bond donors (Lipinski definition) is 2. The van der Waals surface area contributed by atoms with Crippen LogP contribution in [0.1, 0.15) is 38.9 Å². The van der Waals surface area contributed by atoms with Crippen LogP contribution in [0, 0.1) is 22.9 Å². The fourth-order valence-corrected chi connectivity index (χ4v) is 1.50. The maximum absolute atomic E-state index is 13.0. The molecule has 2 nitrogen and oxygen atoms in total. The van der Waals surface area contributed by atoms with Crippen LogP contribution >= 0.6 is 0 Å². The molecule has 0 aliphatic rings. The van der Waals surface area contributed by atoms with Gasteiger partial charge in [0, 0.05) is 6.04 Å². The van der Waals surface area contributed by atoms with Crippen molar-refractivity contribution in [2.75, 3.05) is 0 Å². The van der Waals surface area contributed by atoms with Crippen LogP contribution in [0.4, 0.5) is 13.2 Å².